The van der Waals surface area contributed by atoms with Gasteiger partial charge < -0.3 is 10.4 Å². The summed E-state index contributed by atoms with van der Waals surface area (Å²) in [6, 6.07) is 3.48. The number of aromatic nitrogens is 2. The first-order valence-corrected chi connectivity index (χ1v) is 7.39. The number of hydrogen-bond donors (Lipinski definition) is 2. The van der Waals surface area contributed by atoms with Crippen LogP contribution in [0.25, 0.3) is 5.57 Å². The van der Waals surface area contributed by atoms with Crippen LogP contribution < -0.4 is 5.32 Å². The van der Waals surface area contributed by atoms with Crippen LogP contribution in [0.3, 0.4) is 0 Å². The first-order chi connectivity index (χ1) is 11.0. The van der Waals surface area contributed by atoms with Gasteiger partial charge in [0.05, 0.1) is 5.56 Å². The number of aliphatic hydroxyl groups is 1. The van der Waals surface area contributed by atoms with Crippen LogP contribution >= 0.6 is 0 Å². The Hall–Kier alpha value is -2.18. The van der Waals surface area contributed by atoms with Crippen LogP contribution in [0, 0.1) is 11.6 Å². The molecule has 0 spiro atoms. The van der Waals surface area contributed by atoms with E-state index >= 15 is 0 Å². The van der Waals surface area contributed by atoms with Crippen molar-refractivity contribution in [3.8, 4) is 0 Å². The van der Waals surface area contributed by atoms with E-state index in [4.69, 9.17) is 0 Å². The highest BCUT2D eigenvalue weighted by Crippen LogP contribution is 2.32. The normalized spacial score (nSPS) is 17.5. The summed E-state index contributed by atoms with van der Waals surface area (Å²) in [5, 5.41) is 13.8. The van der Waals surface area contributed by atoms with E-state index in [9.17, 15) is 13.9 Å². The molecular weight excluding hydrogens is 300 g/mol. The summed E-state index contributed by atoms with van der Waals surface area (Å²) in [6.07, 6.45) is 5.65. The summed E-state index contributed by atoms with van der Waals surface area (Å²) in [7, 11) is 0. The van der Waals surface area contributed by atoms with Gasteiger partial charge in [0, 0.05) is 24.5 Å². The van der Waals surface area contributed by atoms with Gasteiger partial charge in [0.15, 0.2) is 5.82 Å². The Morgan fingerprint density at radius 3 is 2.39 bits per heavy atom. The molecule has 1 atom stereocenters. The minimum Gasteiger partial charge on any atom is -0.380 e. The number of rotatable bonds is 3. The third-order valence-corrected chi connectivity index (χ3v) is 4.01. The molecule has 1 aliphatic rings. The molecule has 1 aromatic heterocycles. The Kier molecular flexibility index (Phi) is 4.19. The van der Waals surface area contributed by atoms with Crippen LogP contribution in [0.4, 0.5) is 8.78 Å². The molecule has 4 nitrogen and oxygen atoms in total. The molecule has 1 aromatic carbocycles. The van der Waals surface area contributed by atoms with E-state index in [0.29, 0.717) is 5.82 Å². The fourth-order valence-corrected chi connectivity index (χ4v) is 2.68. The van der Waals surface area contributed by atoms with Crippen LogP contribution in [0.15, 0.2) is 36.7 Å². The zero-order chi connectivity index (χ0) is 16.4. The third-order valence-electron chi connectivity index (χ3n) is 4.01. The van der Waals surface area contributed by atoms with Gasteiger partial charge in [-0.2, -0.15) is 0 Å². The minimum atomic E-state index is -1.85. The zero-order valence-corrected chi connectivity index (χ0v) is 12.7. The molecule has 0 radical (unpaired) electrons. The van der Waals surface area contributed by atoms with Crippen molar-refractivity contribution >= 4 is 5.57 Å². The van der Waals surface area contributed by atoms with Crippen molar-refractivity contribution in [2.24, 2.45) is 0 Å². The molecule has 2 heterocycles. The lowest BCUT2D eigenvalue weighted by atomic mass is 9.89. The monoisotopic (exact) mass is 317 g/mol. The standard InChI is InChI=1S/C17H17F2N3O/c1-17(23,15-13(18)3-2-4-14(15)19)12-9-21-16(22-10-12)11-5-7-20-8-6-11/h2-5,9-10,20,23H,6-8H2,1H3. The molecule has 1 unspecified atom stereocenters. The Labute approximate surface area is 132 Å². The van der Waals surface area contributed by atoms with Gasteiger partial charge >= 0.3 is 0 Å². The molecule has 0 fully saturated rings. The second-order valence-electron chi connectivity index (χ2n) is 5.65. The summed E-state index contributed by atoms with van der Waals surface area (Å²) in [5.74, 6) is -1.04. The van der Waals surface area contributed by atoms with Crippen molar-refractivity contribution in [3.05, 3.63) is 65.3 Å². The first-order valence-electron chi connectivity index (χ1n) is 7.39. The lowest BCUT2D eigenvalue weighted by Gasteiger charge is -2.25. The molecule has 0 saturated heterocycles. The molecule has 0 bridgehead atoms. The van der Waals surface area contributed by atoms with Crippen molar-refractivity contribution in [3.63, 3.8) is 0 Å². The lowest BCUT2D eigenvalue weighted by molar-refractivity contribution is 0.0926. The second kappa shape index (κ2) is 6.14. The van der Waals surface area contributed by atoms with Gasteiger partial charge in [-0.25, -0.2) is 18.7 Å². The number of nitrogens with zero attached hydrogens (tertiary/aromatic N) is 2. The molecule has 1 aliphatic heterocycles. The van der Waals surface area contributed by atoms with Crippen molar-refractivity contribution in [2.45, 2.75) is 18.9 Å². The van der Waals surface area contributed by atoms with Gasteiger partial charge in [-0.05, 0) is 37.6 Å². The summed E-state index contributed by atoms with van der Waals surface area (Å²) in [6.45, 7) is 2.95. The van der Waals surface area contributed by atoms with Crippen molar-refractivity contribution in [1.29, 1.82) is 0 Å². The predicted molar refractivity (Wildman–Crippen MR) is 82.5 cm³/mol. The molecule has 23 heavy (non-hydrogen) atoms. The van der Waals surface area contributed by atoms with E-state index < -0.39 is 22.8 Å². The minimum absolute atomic E-state index is 0.236. The summed E-state index contributed by atoms with van der Waals surface area (Å²) in [4.78, 5) is 8.48. The van der Waals surface area contributed by atoms with E-state index in [0.717, 1.165) is 37.2 Å². The van der Waals surface area contributed by atoms with Crippen molar-refractivity contribution in [2.75, 3.05) is 13.1 Å². The number of hydrogen-bond acceptors (Lipinski definition) is 4. The molecule has 0 amide bonds. The van der Waals surface area contributed by atoms with Crippen molar-refractivity contribution < 1.29 is 13.9 Å². The van der Waals surface area contributed by atoms with Gasteiger partial charge in [-0.1, -0.05) is 12.1 Å². The summed E-state index contributed by atoms with van der Waals surface area (Å²) >= 11 is 0. The number of nitrogens with one attached hydrogen (secondary N) is 1. The second-order valence-corrected chi connectivity index (χ2v) is 5.65. The summed E-state index contributed by atoms with van der Waals surface area (Å²) in [5.41, 5.74) is -1.000. The molecule has 2 N–H and O–H groups in total. The highest BCUT2D eigenvalue weighted by Gasteiger charge is 2.32. The molecule has 0 aliphatic carbocycles. The van der Waals surface area contributed by atoms with Crippen LogP contribution in [0.1, 0.15) is 30.3 Å². The third kappa shape index (κ3) is 3.00. The Morgan fingerprint density at radius 1 is 1.17 bits per heavy atom. The van der Waals surface area contributed by atoms with E-state index in [1.54, 1.807) is 0 Å². The topological polar surface area (TPSA) is 58.0 Å². The van der Waals surface area contributed by atoms with Gasteiger partial charge in [0.2, 0.25) is 0 Å². The van der Waals surface area contributed by atoms with E-state index in [1.807, 2.05) is 6.08 Å². The molecule has 2 aromatic rings. The van der Waals surface area contributed by atoms with E-state index in [2.05, 4.69) is 15.3 Å². The molecular formula is C17H17F2N3O. The highest BCUT2D eigenvalue weighted by atomic mass is 19.1. The number of halogens is 2. The predicted octanol–water partition coefficient (Wildman–Crippen LogP) is 2.39. The maximum Gasteiger partial charge on any atom is 0.154 e. The van der Waals surface area contributed by atoms with Crippen molar-refractivity contribution in [1.82, 2.24) is 15.3 Å². The van der Waals surface area contributed by atoms with Crippen LogP contribution in [-0.4, -0.2) is 28.2 Å². The quantitative estimate of drug-likeness (QED) is 0.912. The van der Waals surface area contributed by atoms with Crippen LogP contribution in [0.2, 0.25) is 0 Å². The van der Waals surface area contributed by atoms with Crippen LogP contribution in [0.5, 0.6) is 0 Å². The number of benzene rings is 1. The SMILES string of the molecule is CC(O)(c1cnc(C2=CCNCC2)nc1)c1c(F)cccc1F. The maximum atomic E-state index is 13.9. The first kappa shape index (κ1) is 15.7. The van der Waals surface area contributed by atoms with Gasteiger partial charge in [-0.3, -0.25) is 0 Å². The van der Waals surface area contributed by atoms with Gasteiger partial charge in [-0.15, -0.1) is 0 Å². The Morgan fingerprint density at radius 2 is 1.83 bits per heavy atom. The Bertz CT molecular complexity index is 722. The van der Waals surface area contributed by atoms with Gasteiger partial charge in [0.25, 0.3) is 0 Å². The average Bonchev–Trinajstić information content (AvgIpc) is 2.55. The van der Waals surface area contributed by atoms with Crippen LogP contribution in [-0.2, 0) is 5.60 Å². The molecule has 6 heteroatoms. The molecule has 3 rings (SSSR count). The largest absolute Gasteiger partial charge is 0.380 e. The van der Waals surface area contributed by atoms with E-state index in [-0.39, 0.29) is 5.56 Å². The molecule has 120 valence electrons. The Balaban J connectivity index is 1.96. The van der Waals surface area contributed by atoms with Gasteiger partial charge in [0.1, 0.15) is 17.2 Å². The fourth-order valence-electron chi connectivity index (χ4n) is 2.68. The molecule has 0 saturated carbocycles. The average molecular weight is 317 g/mol. The fraction of sp³-hybridized carbons (Fsp3) is 0.294. The maximum absolute atomic E-state index is 13.9. The lowest BCUT2D eigenvalue weighted by Crippen LogP contribution is -2.27. The smallest absolute Gasteiger partial charge is 0.154 e. The highest BCUT2D eigenvalue weighted by molar-refractivity contribution is 5.60. The zero-order valence-electron chi connectivity index (χ0n) is 12.7. The summed E-state index contributed by atoms with van der Waals surface area (Å²) < 4.78 is 27.9. The van der Waals surface area contributed by atoms with E-state index in [1.165, 1.54) is 25.4 Å².